The number of hydrogen-bond acceptors (Lipinski definition) is 4. The van der Waals surface area contributed by atoms with Crippen LogP contribution in [0.25, 0.3) is 0 Å². The topological polar surface area (TPSA) is 64.4 Å². The Kier molecular flexibility index (Phi) is 2.82. The highest BCUT2D eigenvalue weighted by molar-refractivity contribution is 5.91. The van der Waals surface area contributed by atoms with Gasteiger partial charge in [-0.2, -0.15) is 0 Å². The average Bonchev–Trinajstić information content (AvgIpc) is 2.47. The maximum Gasteiger partial charge on any atom is 0.312 e. The molecule has 66 valence electrons. The molecule has 1 N–H and O–H groups in total. The fourth-order valence-corrected chi connectivity index (χ4v) is 0.704. The molecule has 12 heavy (non-hydrogen) atoms. The molecule has 0 aliphatic heterocycles. The van der Waals surface area contributed by atoms with Crippen molar-refractivity contribution in [2.75, 3.05) is 6.61 Å². The Bertz CT molecular complexity index is 269. The molecule has 0 saturated heterocycles. The van der Waals surface area contributed by atoms with Gasteiger partial charge in [-0.1, -0.05) is 0 Å². The fraction of sp³-hybridized carbons (Fsp3) is 0.429. The summed E-state index contributed by atoms with van der Waals surface area (Å²) in [6.07, 6.45) is 1.22. The van der Waals surface area contributed by atoms with Crippen molar-refractivity contribution >= 4 is 5.91 Å². The Morgan fingerprint density at radius 1 is 1.83 bits per heavy atom. The SMILES string of the molecule is CCONC(=O)c1ocnc1C. The second-order valence-corrected chi connectivity index (χ2v) is 2.13. The summed E-state index contributed by atoms with van der Waals surface area (Å²) < 4.78 is 4.82. The van der Waals surface area contributed by atoms with Crippen molar-refractivity contribution in [2.24, 2.45) is 0 Å². The smallest absolute Gasteiger partial charge is 0.312 e. The van der Waals surface area contributed by atoms with E-state index in [1.807, 2.05) is 0 Å². The Hall–Kier alpha value is -1.36. The predicted molar refractivity (Wildman–Crippen MR) is 40.3 cm³/mol. The highest BCUT2D eigenvalue weighted by atomic mass is 16.7. The molecule has 1 rings (SSSR count). The molecular formula is C7H10N2O3. The Morgan fingerprint density at radius 2 is 2.58 bits per heavy atom. The Labute approximate surface area is 69.7 Å². The molecule has 0 radical (unpaired) electrons. The van der Waals surface area contributed by atoms with Crippen molar-refractivity contribution in [3.8, 4) is 0 Å². The van der Waals surface area contributed by atoms with Gasteiger partial charge in [0.25, 0.3) is 0 Å². The summed E-state index contributed by atoms with van der Waals surface area (Å²) >= 11 is 0. The van der Waals surface area contributed by atoms with Crippen molar-refractivity contribution in [2.45, 2.75) is 13.8 Å². The van der Waals surface area contributed by atoms with Crippen molar-refractivity contribution in [1.29, 1.82) is 0 Å². The highest BCUT2D eigenvalue weighted by Crippen LogP contribution is 2.03. The van der Waals surface area contributed by atoms with Crippen LogP contribution < -0.4 is 5.48 Å². The summed E-state index contributed by atoms with van der Waals surface area (Å²) in [6.45, 7) is 3.87. The van der Waals surface area contributed by atoms with Gasteiger partial charge in [0.2, 0.25) is 5.76 Å². The van der Waals surface area contributed by atoms with E-state index < -0.39 is 5.91 Å². The summed E-state index contributed by atoms with van der Waals surface area (Å²) in [4.78, 5) is 19.6. The molecular weight excluding hydrogens is 160 g/mol. The maximum atomic E-state index is 11.1. The average molecular weight is 170 g/mol. The first-order chi connectivity index (χ1) is 5.75. The van der Waals surface area contributed by atoms with Gasteiger partial charge in [0.1, 0.15) is 0 Å². The molecule has 0 saturated carbocycles. The first kappa shape index (κ1) is 8.73. The standard InChI is InChI=1S/C7H10N2O3/c1-3-12-9-7(10)6-5(2)8-4-11-6/h4H,3H2,1-2H3,(H,9,10). The summed E-state index contributed by atoms with van der Waals surface area (Å²) in [5, 5.41) is 0. The molecule has 0 fully saturated rings. The zero-order valence-electron chi connectivity index (χ0n) is 6.96. The minimum Gasteiger partial charge on any atom is -0.438 e. The number of amides is 1. The van der Waals surface area contributed by atoms with Gasteiger partial charge in [0, 0.05) is 0 Å². The second kappa shape index (κ2) is 3.87. The molecule has 0 spiro atoms. The van der Waals surface area contributed by atoms with E-state index >= 15 is 0 Å². The predicted octanol–water partition coefficient (Wildman–Crippen LogP) is 0.664. The van der Waals surface area contributed by atoms with E-state index in [1.165, 1.54) is 6.39 Å². The van der Waals surface area contributed by atoms with Gasteiger partial charge in [0.05, 0.1) is 12.3 Å². The summed E-state index contributed by atoms with van der Waals surface area (Å²) in [5.41, 5.74) is 2.75. The number of rotatable bonds is 3. The maximum absolute atomic E-state index is 11.1. The van der Waals surface area contributed by atoms with Crippen LogP contribution in [-0.4, -0.2) is 17.5 Å². The highest BCUT2D eigenvalue weighted by Gasteiger charge is 2.12. The fourth-order valence-electron chi connectivity index (χ4n) is 0.704. The number of nitrogens with zero attached hydrogens (tertiary/aromatic N) is 1. The van der Waals surface area contributed by atoms with E-state index in [-0.39, 0.29) is 5.76 Å². The van der Waals surface area contributed by atoms with Crippen molar-refractivity contribution in [3.63, 3.8) is 0 Å². The normalized spacial score (nSPS) is 9.83. The van der Waals surface area contributed by atoms with E-state index in [1.54, 1.807) is 13.8 Å². The van der Waals surface area contributed by atoms with E-state index in [9.17, 15) is 4.79 Å². The molecule has 1 aromatic heterocycles. The molecule has 0 aliphatic rings. The lowest BCUT2D eigenvalue weighted by Gasteiger charge is -1.99. The molecule has 0 aromatic carbocycles. The molecule has 0 atom stereocenters. The van der Waals surface area contributed by atoms with Gasteiger partial charge in [-0.15, -0.1) is 0 Å². The number of aromatic nitrogens is 1. The zero-order chi connectivity index (χ0) is 8.97. The number of hydroxylamine groups is 1. The summed E-state index contributed by atoms with van der Waals surface area (Å²) in [7, 11) is 0. The van der Waals surface area contributed by atoms with Crippen LogP contribution in [-0.2, 0) is 4.84 Å². The molecule has 5 heteroatoms. The molecule has 0 bridgehead atoms. The molecule has 5 nitrogen and oxygen atoms in total. The third-order valence-corrected chi connectivity index (χ3v) is 1.26. The van der Waals surface area contributed by atoms with Crippen LogP contribution in [0.5, 0.6) is 0 Å². The van der Waals surface area contributed by atoms with E-state index in [4.69, 9.17) is 4.42 Å². The number of oxazole rings is 1. The number of carbonyl (C=O) groups excluding carboxylic acids is 1. The lowest BCUT2D eigenvalue weighted by molar-refractivity contribution is 0.0340. The third kappa shape index (κ3) is 1.82. The lowest BCUT2D eigenvalue weighted by Crippen LogP contribution is -2.23. The molecule has 0 unspecified atom stereocenters. The molecule has 1 heterocycles. The molecule has 0 aliphatic carbocycles. The molecule has 1 aromatic rings. The van der Waals surface area contributed by atoms with E-state index in [0.29, 0.717) is 12.3 Å². The van der Waals surface area contributed by atoms with E-state index in [0.717, 1.165) is 0 Å². The van der Waals surface area contributed by atoms with Gasteiger partial charge < -0.3 is 4.42 Å². The first-order valence-electron chi connectivity index (χ1n) is 3.58. The largest absolute Gasteiger partial charge is 0.438 e. The van der Waals surface area contributed by atoms with Crippen LogP contribution in [0.2, 0.25) is 0 Å². The zero-order valence-corrected chi connectivity index (χ0v) is 6.96. The van der Waals surface area contributed by atoms with Crippen LogP contribution in [0.1, 0.15) is 23.2 Å². The van der Waals surface area contributed by atoms with Crippen LogP contribution in [0.3, 0.4) is 0 Å². The van der Waals surface area contributed by atoms with Crippen LogP contribution in [0.4, 0.5) is 0 Å². The minimum atomic E-state index is -0.410. The number of nitrogens with one attached hydrogen (secondary N) is 1. The Morgan fingerprint density at radius 3 is 3.08 bits per heavy atom. The third-order valence-electron chi connectivity index (χ3n) is 1.26. The van der Waals surface area contributed by atoms with Gasteiger partial charge in [-0.25, -0.2) is 10.5 Å². The van der Waals surface area contributed by atoms with Gasteiger partial charge in [-0.05, 0) is 13.8 Å². The quantitative estimate of drug-likeness (QED) is 0.677. The van der Waals surface area contributed by atoms with Gasteiger partial charge in [-0.3, -0.25) is 9.63 Å². The Balaban J connectivity index is 2.59. The molecule has 1 amide bonds. The van der Waals surface area contributed by atoms with Crippen LogP contribution in [0.15, 0.2) is 10.8 Å². The van der Waals surface area contributed by atoms with Gasteiger partial charge in [0.15, 0.2) is 6.39 Å². The number of hydrogen-bond donors (Lipinski definition) is 1. The summed E-state index contributed by atoms with van der Waals surface area (Å²) in [5.74, 6) is -0.227. The van der Waals surface area contributed by atoms with Crippen molar-refractivity contribution in [1.82, 2.24) is 10.5 Å². The first-order valence-corrected chi connectivity index (χ1v) is 3.58. The minimum absolute atomic E-state index is 0.184. The lowest BCUT2D eigenvalue weighted by atomic mass is 10.4. The number of carbonyl (C=O) groups is 1. The van der Waals surface area contributed by atoms with Gasteiger partial charge >= 0.3 is 5.91 Å². The van der Waals surface area contributed by atoms with Crippen LogP contribution >= 0.6 is 0 Å². The van der Waals surface area contributed by atoms with Crippen LogP contribution in [0, 0.1) is 6.92 Å². The van der Waals surface area contributed by atoms with Crippen molar-refractivity contribution < 1.29 is 14.0 Å². The monoisotopic (exact) mass is 170 g/mol. The van der Waals surface area contributed by atoms with Crippen molar-refractivity contribution in [3.05, 3.63) is 17.8 Å². The summed E-state index contributed by atoms with van der Waals surface area (Å²) in [6, 6.07) is 0. The van der Waals surface area contributed by atoms with E-state index in [2.05, 4.69) is 15.3 Å². The second-order valence-electron chi connectivity index (χ2n) is 2.13. The number of aryl methyl sites for hydroxylation is 1.